The van der Waals surface area contributed by atoms with Crippen LogP contribution in [0, 0.1) is 6.92 Å². The molecule has 4 aromatic rings. The van der Waals surface area contributed by atoms with E-state index >= 15 is 0 Å². The zero-order chi connectivity index (χ0) is 24.5. The third kappa shape index (κ3) is 4.20. The number of hydrogen-bond acceptors (Lipinski definition) is 7. The average Bonchev–Trinajstić information content (AvgIpc) is 3.38. The lowest BCUT2D eigenvalue weighted by molar-refractivity contribution is -0.130. The van der Waals surface area contributed by atoms with Crippen LogP contribution >= 0.6 is 11.3 Å². The zero-order valence-electron chi connectivity index (χ0n) is 18.8. The minimum Gasteiger partial charge on any atom is -0.508 e. The van der Waals surface area contributed by atoms with Gasteiger partial charge in [-0.2, -0.15) is 0 Å². The quantitative estimate of drug-likeness (QED) is 0.374. The van der Waals surface area contributed by atoms with Crippen LogP contribution in [0.3, 0.4) is 0 Å². The molecule has 174 valence electrons. The summed E-state index contributed by atoms with van der Waals surface area (Å²) in [6, 6.07) is 20.3. The predicted molar refractivity (Wildman–Crippen MR) is 132 cm³/mol. The van der Waals surface area contributed by atoms with Crippen LogP contribution in [0.5, 0.6) is 5.75 Å². The molecular formula is C27H21N3O4S. The summed E-state index contributed by atoms with van der Waals surface area (Å²) in [5.74, 6) is -1.75. The molecule has 0 saturated carbocycles. The zero-order valence-corrected chi connectivity index (χ0v) is 19.6. The molecule has 1 aliphatic heterocycles. The normalized spacial score (nSPS) is 15.6. The Balaban J connectivity index is 1.59. The van der Waals surface area contributed by atoms with Gasteiger partial charge in [0.1, 0.15) is 10.8 Å². The van der Waals surface area contributed by atoms with E-state index in [1.165, 1.54) is 28.4 Å². The standard InChI is InChI=1S/C27H21N3O4S/c1-16-25(35-26(29-16)17-8-3-2-4-9-17)23(32)21-22(18-10-7-12-20(31)14-18)30(27(34)24(21)33)15-19-11-5-6-13-28-19/h2-14,22,31,33H,15H2,1H3. The number of carbonyl (C=O) groups is 2. The molecule has 0 spiro atoms. The van der Waals surface area contributed by atoms with Crippen molar-refractivity contribution >= 4 is 23.0 Å². The van der Waals surface area contributed by atoms with Gasteiger partial charge in [0.25, 0.3) is 5.91 Å². The average molecular weight is 484 g/mol. The summed E-state index contributed by atoms with van der Waals surface area (Å²) in [6.45, 7) is 1.82. The Kier molecular flexibility index (Phi) is 5.88. The molecule has 8 heteroatoms. The van der Waals surface area contributed by atoms with Crippen LogP contribution in [0.25, 0.3) is 10.6 Å². The van der Waals surface area contributed by atoms with Crippen molar-refractivity contribution in [3.8, 4) is 16.3 Å². The molecule has 0 fully saturated rings. The molecule has 3 heterocycles. The second kappa shape index (κ2) is 9.15. The lowest BCUT2D eigenvalue weighted by atomic mass is 9.95. The number of Topliss-reactive ketones (excluding diaryl/α,β-unsaturated/α-hetero) is 1. The molecule has 0 radical (unpaired) electrons. The molecule has 2 aromatic carbocycles. The Morgan fingerprint density at radius 1 is 1.03 bits per heavy atom. The number of thiazole rings is 1. The number of aryl methyl sites for hydroxylation is 1. The van der Waals surface area contributed by atoms with Crippen molar-refractivity contribution < 1.29 is 19.8 Å². The van der Waals surface area contributed by atoms with Gasteiger partial charge in [-0.3, -0.25) is 14.6 Å². The summed E-state index contributed by atoms with van der Waals surface area (Å²) in [7, 11) is 0. The molecule has 1 amide bonds. The maximum atomic E-state index is 13.8. The first-order valence-corrected chi connectivity index (χ1v) is 11.8. The molecule has 35 heavy (non-hydrogen) atoms. The van der Waals surface area contributed by atoms with E-state index in [1.807, 2.05) is 30.3 Å². The topological polar surface area (TPSA) is 104 Å². The maximum Gasteiger partial charge on any atom is 0.290 e. The van der Waals surface area contributed by atoms with Crippen LogP contribution in [-0.2, 0) is 11.3 Å². The van der Waals surface area contributed by atoms with Crippen molar-refractivity contribution in [2.45, 2.75) is 19.5 Å². The lowest BCUT2D eigenvalue weighted by Crippen LogP contribution is -2.31. The van der Waals surface area contributed by atoms with E-state index in [-0.39, 0.29) is 17.9 Å². The molecule has 0 saturated heterocycles. The maximum absolute atomic E-state index is 13.8. The second-order valence-corrected chi connectivity index (χ2v) is 9.14. The van der Waals surface area contributed by atoms with E-state index in [0.29, 0.717) is 26.8 Å². The molecule has 0 aliphatic carbocycles. The predicted octanol–water partition coefficient (Wildman–Crippen LogP) is 5.00. The highest BCUT2D eigenvalue weighted by molar-refractivity contribution is 7.17. The number of aromatic nitrogens is 2. The number of aromatic hydroxyl groups is 1. The van der Waals surface area contributed by atoms with Gasteiger partial charge in [0.05, 0.1) is 34.4 Å². The van der Waals surface area contributed by atoms with E-state index < -0.39 is 23.5 Å². The number of aliphatic hydroxyl groups excluding tert-OH is 1. The first-order valence-electron chi connectivity index (χ1n) is 10.9. The molecule has 0 bridgehead atoms. The van der Waals surface area contributed by atoms with Crippen molar-refractivity contribution in [1.29, 1.82) is 0 Å². The minimum absolute atomic E-state index is 0.00809. The number of nitrogens with zero attached hydrogens (tertiary/aromatic N) is 3. The second-order valence-electron chi connectivity index (χ2n) is 8.14. The summed E-state index contributed by atoms with van der Waals surface area (Å²) in [4.78, 5) is 37.6. The number of phenolic OH excluding ortho intramolecular Hbond substituents is 1. The van der Waals surface area contributed by atoms with Crippen LogP contribution < -0.4 is 0 Å². The number of aliphatic hydroxyl groups is 1. The monoisotopic (exact) mass is 483 g/mol. The summed E-state index contributed by atoms with van der Waals surface area (Å²) in [6.07, 6.45) is 1.62. The molecule has 2 N–H and O–H groups in total. The molecule has 1 atom stereocenters. The number of carbonyl (C=O) groups excluding carboxylic acids is 2. The van der Waals surface area contributed by atoms with E-state index in [9.17, 15) is 19.8 Å². The smallest absolute Gasteiger partial charge is 0.290 e. The van der Waals surface area contributed by atoms with Gasteiger partial charge in [-0.05, 0) is 36.8 Å². The molecule has 7 nitrogen and oxygen atoms in total. The third-order valence-electron chi connectivity index (χ3n) is 5.82. The number of hydrogen-bond donors (Lipinski definition) is 2. The van der Waals surface area contributed by atoms with Crippen molar-refractivity contribution in [3.05, 3.63) is 112 Å². The van der Waals surface area contributed by atoms with E-state index in [1.54, 1.807) is 43.5 Å². The molecule has 1 aliphatic rings. The van der Waals surface area contributed by atoms with Gasteiger partial charge >= 0.3 is 0 Å². The van der Waals surface area contributed by atoms with Gasteiger partial charge in [0.15, 0.2) is 5.76 Å². The van der Waals surface area contributed by atoms with Gasteiger partial charge in [0, 0.05) is 11.8 Å². The largest absolute Gasteiger partial charge is 0.508 e. The molecule has 2 aromatic heterocycles. The Bertz CT molecular complexity index is 1450. The van der Waals surface area contributed by atoms with Gasteiger partial charge in [-0.25, -0.2) is 4.98 Å². The molecule has 1 unspecified atom stereocenters. The van der Waals surface area contributed by atoms with Gasteiger partial charge in [0.2, 0.25) is 5.78 Å². The number of amides is 1. The first-order chi connectivity index (χ1) is 16.9. The van der Waals surface area contributed by atoms with Crippen molar-refractivity contribution in [2.24, 2.45) is 0 Å². The Hall–Kier alpha value is -4.30. The fraction of sp³-hybridized carbons (Fsp3) is 0.111. The number of pyridine rings is 1. The number of ketones is 1. The summed E-state index contributed by atoms with van der Waals surface area (Å²) in [5.41, 5.74) is 2.47. The Morgan fingerprint density at radius 2 is 1.80 bits per heavy atom. The van der Waals surface area contributed by atoms with Gasteiger partial charge in [-0.1, -0.05) is 48.5 Å². The number of benzene rings is 2. The Labute approximate surface area is 205 Å². The van der Waals surface area contributed by atoms with E-state index in [4.69, 9.17) is 0 Å². The third-order valence-corrected chi connectivity index (χ3v) is 7.02. The fourth-order valence-corrected chi connectivity index (χ4v) is 5.22. The summed E-state index contributed by atoms with van der Waals surface area (Å²) < 4.78 is 0. The first kappa shape index (κ1) is 22.5. The van der Waals surface area contributed by atoms with Crippen LogP contribution in [0.2, 0.25) is 0 Å². The van der Waals surface area contributed by atoms with Gasteiger partial charge in [-0.15, -0.1) is 11.3 Å². The van der Waals surface area contributed by atoms with Crippen LogP contribution in [0.15, 0.2) is 90.3 Å². The number of phenols is 1. The van der Waals surface area contributed by atoms with Crippen LogP contribution in [0.4, 0.5) is 0 Å². The highest BCUT2D eigenvalue weighted by atomic mass is 32.1. The summed E-state index contributed by atoms with van der Waals surface area (Å²) >= 11 is 1.22. The molecular weight excluding hydrogens is 462 g/mol. The fourth-order valence-electron chi connectivity index (χ4n) is 4.19. The Morgan fingerprint density at radius 3 is 2.51 bits per heavy atom. The minimum atomic E-state index is -0.897. The lowest BCUT2D eigenvalue weighted by Gasteiger charge is -2.26. The van der Waals surface area contributed by atoms with Crippen molar-refractivity contribution in [3.63, 3.8) is 0 Å². The van der Waals surface area contributed by atoms with Crippen molar-refractivity contribution in [1.82, 2.24) is 14.9 Å². The van der Waals surface area contributed by atoms with Gasteiger partial charge < -0.3 is 15.1 Å². The van der Waals surface area contributed by atoms with Crippen LogP contribution in [0.1, 0.15) is 32.7 Å². The van der Waals surface area contributed by atoms with E-state index in [0.717, 1.165) is 5.56 Å². The highest BCUT2D eigenvalue weighted by Gasteiger charge is 2.44. The molecule has 5 rings (SSSR count). The van der Waals surface area contributed by atoms with E-state index in [2.05, 4.69) is 9.97 Å². The SMILES string of the molecule is Cc1nc(-c2ccccc2)sc1C(=O)C1=C(O)C(=O)N(Cc2ccccn2)C1c1cccc(O)c1. The van der Waals surface area contributed by atoms with Crippen LogP contribution in [-0.4, -0.2) is 36.8 Å². The van der Waals surface area contributed by atoms with Crippen molar-refractivity contribution in [2.75, 3.05) is 0 Å². The highest BCUT2D eigenvalue weighted by Crippen LogP contribution is 2.42. The number of rotatable bonds is 6. The summed E-state index contributed by atoms with van der Waals surface area (Å²) in [5, 5.41) is 21.7.